The molecule has 4 nitrogen and oxygen atoms in total. The molecule has 0 atom stereocenters. The Hall–Kier alpha value is -0.140. The second-order valence-corrected chi connectivity index (χ2v) is 5.67. The topological polar surface area (TPSA) is 55.4 Å². The minimum absolute atomic E-state index is 0.144. The van der Waals surface area contributed by atoms with Gasteiger partial charge in [-0.05, 0) is 19.1 Å². The van der Waals surface area contributed by atoms with Crippen molar-refractivity contribution in [1.29, 1.82) is 0 Å². The lowest BCUT2D eigenvalue weighted by molar-refractivity contribution is 0.105. The molecule has 1 aromatic rings. The number of nitrogens with one attached hydrogen (secondary N) is 1. The van der Waals surface area contributed by atoms with Crippen molar-refractivity contribution < 1.29 is 13.3 Å². The molecule has 0 saturated carbocycles. The van der Waals surface area contributed by atoms with Crippen molar-refractivity contribution in [3.63, 3.8) is 0 Å². The summed E-state index contributed by atoms with van der Waals surface area (Å²) in [5.74, 6) is 0. The van der Waals surface area contributed by atoms with E-state index in [0.29, 0.717) is 4.34 Å². The molecule has 0 fully saturated rings. The monoisotopic (exact) mass is 241 g/mol. The van der Waals surface area contributed by atoms with Gasteiger partial charge in [-0.1, -0.05) is 16.5 Å². The number of hydrogen-bond donors (Lipinski definition) is 1. The van der Waals surface area contributed by atoms with Gasteiger partial charge in [0.1, 0.15) is 4.21 Å². The zero-order valence-electron chi connectivity index (χ0n) is 6.78. The predicted molar refractivity (Wildman–Crippen MR) is 51.3 cm³/mol. The van der Waals surface area contributed by atoms with Crippen LogP contribution in [0.4, 0.5) is 0 Å². The zero-order chi connectivity index (χ0) is 9.90. The summed E-state index contributed by atoms with van der Waals surface area (Å²) in [6.07, 6.45) is 0. The van der Waals surface area contributed by atoms with Crippen LogP contribution in [0.2, 0.25) is 4.34 Å². The summed E-state index contributed by atoms with van der Waals surface area (Å²) in [6, 6.07) is 2.95. The van der Waals surface area contributed by atoms with E-state index in [-0.39, 0.29) is 10.8 Å². The van der Waals surface area contributed by atoms with Gasteiger partial charge < -0.3 is 0 Å². The van der Waals surface area contributed by atoms with Crippen LogP contribution < -0.4 is 4.89 Å². The average molecular weight is 242 g/mol. The first kappa shape index (κ1) is 10.9. The maximum absolute atomic E-state index is 11.3. The lowest BCUT2D eigenvalue weighted by atomic mass is 10.7. The summed E-state index contributed by atoms with van der Waals surface area (Å²) in [5, 5.41) is 0. The molecule has 0 amide bonds. The second kappa shape index (κ2) is 4.39. The van der Waals surface area contributed by atoms with Gasteiger partial charge >= 0.3 is 0 Å². The van der Waals surface area contributed by atoms with Crippen molar-refractivity contribution in [1.82, 2.24) is 4.89 Å². The Kier molecular flexibility index (Phi) is 3.69. The first-order chi connectivity index (χ1) is 6.06. The van der Waals surface area contributed by atoms with Crippen molar-refractivity contribution in [2.45, 2.75) is 11.1 Å². The van der Waals surface area contributed by atoms with E-state index < -0.39 is 10.0 Å². The van der Waals surface area contributed by atoms with Gasteiger partial charge in [-0.25, -0.2) is 8.42 Å². The molecule has 0 spiro atoms. The van der Waals surface area contributed by atoms with E-state index in [4.69, 9.17) is 11.6 Å². The largest absolute Gasteiger partial charge is 0.287 e. The summed E-state index contributed by atoms with van der Waals surface area (Å²) >= 11 is 6.57. The molecule has 1 N–H and O–H groups in total. The van der Waals surface area contributed by atoms with Gasteiger partial charge in [-0.2, -0.15) is 0 Å². The van der Waals surface area contributed by atoms with E-state index in [2.05, 4.69) is 4.84 Å². The van der Waals surface area contributed by atoms with E-state index in [1.165, 1.54) is 12.1 Å². The summed E-state index contributed by atoms with van der Waals surface area (Å²) in [4.78, 5) is 6.55. The molecular weight excluding hydrogens is 234 g/mol. The van der Waals surface area contributed by atoms with Crippen molar-refractivity contribution in [3.05, 3.63) is 16.5 Å². The van der Waals surface area contributed by atoms with Crippen LogP contribution in [0.3, 0.4) is 0 Å². The highest BCUT2D eigenvalue weighted by Gasteiger charge is 2.15. The molecule has 0 unspecified atom stereocenters. The predicted octanol–water partition coefficient (Wildman–Crippen LogP) is 1.63. The molecule has 7 heteroatoms. The van der Waals surface area contributed by atoms with Gasteiger partial charge in [-0.3, -0.25) is 4.84 Å². The molecule has 0 aliphatic heterocycles. The third-order valence-electron chi connectivity index (χ3n) is 1.13. The second-order valence-electron chi connectivity index (χ2n) is 2.08. The number of sulfonamides is 1. The van der Waals surface area contributed by atoms with Crippen LogP contribution in [-0.2, 0) is 14.9 Å². The molecule has 1 aromatic heterocycles. The number of rotatable bonds is 4. The van der Waals surface area contributed by atoms with Gasteiger partial charge in [0, 0.05) is 0 Å². The SMILES string of the molecule is CCONS(=O)(=O)c1ccc(Cl)s1. The molecule has 0 radical (unpaired) electrons. The van der Waals surface area contributed by atoms with Crippen LogP contribution in [0.15, 0.2) is 16.3 Å². The third-order valence-corrected chi connectivity index (χ3v) is 4.06. The molecule has 74 valence electrons. The van der Waals surface area contributed by atoms with Crippen molar-refractivity contribution in [2.75, 3.05) is 6.61 Å². The number of hydrogen-bond acceptors (Lipinski definition) is 4. The maximum Gasteiger partial charge on any atom is 0.271 e. The Morgan fingerprint density at radius 2 is 2.31 bits per heavy atom. The fraction of sp³-hybridized carbons (Fsp3) is 0.333. The Balaban J connectivity index is 2.82. The number of halogens is 1. The van der Waals surface area contributed by atoms with E-state index in [9.17, 15) is 8.42 Å². The molecular formula is C6H8ClNO3S2. The lowest BCUT2D eigenvalue weighted by Crippen LogP contribution is -2.23. The van der Waals surface area contributed by atoms with E-state index in [0.717, 1.165) is 11.3 Å². The smallest absolute Gasteiger partial charge is 0.271 e. The van der Waals surface area contributed by atoms with E-state index in [1.807, 2.05) is 4.89 Å². The fourth-order valence-electron chi connectivity index (χ4n) is 0.620. The Morgan fingerprint density at radius 1 is 1.62 bits per heavy atom. The average Bonchev–Trinajstić information content (AvgIpc) is 2.49. The molecule has 1 heterocycles. The number of thiophene rings is 1. The summed E-state index contributed by atoms with van der Waals surface area (Å²) in [6.45, 7) is 1.96. The molecule has 0 aliphatic rings. The zero-order valence-corrected chi connectivity index (χ0v) is 9.17. The molecule has 0 bridgehead atoms. The van der Waals surface area contributed by atoms with Gasteiger partial charge in [0.15, 0.2) is 0 Å². The normalized spacial score (nSPS) is 11.8. The minimum Gasteiger partial charge on any atom is -0.287 e. The first-order valence-corrected chi connectivity index (χ1v) is 6.13. The van der Waals surface area contributed by atoms with Crippen LogP contribution in [0, 0.1) is 0 Å². The quantitative estimate of drug-likeness (QED) is 0.816. The van der Waals surface area contributed by atoms with Gasteiger partial charge in [-0.15, -0.1) is 11.3 Å². The first-order valence-electron chi connectivity index (χ1n) is 3.45. The standard InChI is InChI=1S/C6H8ClNO3S2/c1-2-11-8-13(9,10)6-4-3-5(7)12-6/h3-4,8H,2H2,1H3. The maximum atomic E-state index is 11.3. The summed E-state index contributed by atoms with van der Waals surface area (Å²) in [7, 11) is -3.54. The minimum atomic E-state index is -3.54. The van der Waals surface area contributed by atoms with Crippen molar-refractivity contribution in [3.8, 4) is 0 Å². The molecule has 0 aliphatic carbocycles. The highest BCUT2D eigenvalue weighted by Crippen LogP contribution is 2.25. The Morgan fingerprint density at radius 3 is 2.77 bits per heavy atom. The molecule has 0 aromatic carbocycles. The highest BCUT2D eigenvalue weighted by atomic mass is 35.5. The third kappa shape index (κ3) is 2.92. The lowest BCUT2D eigenvalue weighted by Gasteiger charge is -2.01. The van der Waals surface area contributed by atoms with Gasteiger partial charge in [0.2, 0.25) is 0 Å². The van der Waals surface area contributed by atoms with Crippen molar-refractivity contribution in [2.24, 2.45) is 0 Å². The summed E-state index contributed by atoms with van der Waals surface area (Å²) < 4.78 is 23.2. The van der Waals surface area contributed by atoms with Crippen LogP contribution in [0.1, 0.15) is 6.92 Å². The van der Waals surface area contributed by atoms with E-state index in [1.54, 1.807) is 6.92 Å². The molecule has 1 rings (SSSR count). The van der Waals surface area contributed by atoms with Crippen molar-refractivity contribution >= 4 is 33.0 Å². The van der Waals surface area contributed by atoms with Crippen LogP contribution in [-0.4, -0.2) is 15.0 Å². The van der Waals surface area contributed by atoms with E-state index >= 15 is 0 Å². The van der Waals surface area contributed by atoms with Crippen LogP contribution in [0.5, 0.6) is 0 Å². The Labute approximate surface area is 85.5 Å². The van der Waals surface area contributed by atoms with Crippen LogP contribution >= 0.6 is 22.9 Å². The Bertz CT molecular complexity index is 373. The summed E-state index contributed by atoms with van der Waals surface area (Å²) in [5.41, 5.74) is 0. The van der Waals surface area contributed by atoms with Gasteiger partial charge in [0.05, 0.1) is 10.9 Å². The fourth-order valence-corrected chi connectivity index (χ4v) is 2.95. The molecule has 0 saturated heterocycles. The van der Waals surface area contributed by atoms with Gasteiger partial charge in [0.25, 0.3) is 10.0 Å². The molecule has 13 heavy (non-hydrogen) atoms. The highest BCUT2D eigenvalue weighted by molar-refractivity contribution is 7.91. The van der Waals surface area contributed by atoms with Crippen LogP contribution in [0.25, 0.3) is 0 Å².